The summed E-state index contributed by atoms with van der Waals surface area (Å²) in [4.78, 5) is 0.193. The van der Waals surface area contributed by atoms with E-state index in [4.69, 9.17) is 27.9 Å². The van der Waals surface area contributed by atoms with Crippen LogP contribution >= 0.6 is 23.2 Å². The predicted octanol–water partition coefficient (Wildman–Crippen LogP) is 5.59. The lowest BCUT2D eigenvalue weighted by Gasteiger charge is -2.25. The normalized spacial score (nSPS) is 16.1. The largest absolute Gasteiger partial charge is 0.463 e. The summed E-state index contributed by atoms with van der Waals surface area (Å²) in [5.41, 5.74) is 2.05. The summed E-state index contributed by atoms with van der Waals surface area (Å²) < 4.78 is 34.1. The average molecular weight is 420 g/mol. The summed E-state index contributed by atoms with van der Waals surface area (Å²) in [5.74, 6) is 0.490. The zero-order valence-corrected chi connectivity index (χ0v) is 16.6. The van der Waals surface area contributed by atoms with Gasteiger partial charge in [0.15, 0.2) is 0 Å². The molecule has 4 rings (SSSR count). The van der Waals surface area contributed by atoms with Crippen LogP contribution in [0.5, 0.6) is 5.75 Å². The number of benzene rings is 3. The van der Waals surface area contributed by atoms with E-state index < -0.39 is 16.3 Å². The molecule has 0 spiro atoms. The Hall–Kier alpha value is -2.21. The Morgan fingerprint density at radius 3 is 2.33 bits per heavy atom. The highest BCUT2D eigenvalue weighted by molar-refractivity contribution is 7.92. The molecule has 0 bridgehead atoms. The summed E-state index contributed by atoms with van der Waals surface area (Å²) in [6.45, 7) is 1.91. The first-order valence-electron chi connectivity index (χ1n) is 8.20. The van der Waals surface area contributed by atoms with E-state index in [1.165, 1.54) is 4.31 Å². The minimum absolute atomic E-state index is 0.193. The second-order valence-corrected chi connectivity index (χ2v) is 8.85. The lowest BCUT2D eigenvalue weighted by atomic mass is 10.2. The quantitative estimate of drug-likeness (QED) is 0.555. The number of fused-ring (bicyclic) bond motifs is 1. The number of rotatable bonds is 3. The van der Waals surface area contributed by atoms with Crippen LogP contribution in [0.1, 0.15) is 17.4 Å². The third kappa shape index (κ3) is 3.16. The van der Waals surface area contributed by atoms with Crippen LogP contribution in [-0.4, -0.2) is 8.42 Å². The van der Waals surface area contributed by atoms with E-state index >= 15 is 0 Å². The molecule has 138 valence electrons. The van der Waals surface area contributed by atoms with Crippen molar-refractivity contribution in [2.45, 2.75) is 18.0 Å². The molecule has 1 aliphatic rings. The highest BCUT2D eigenvalue weighted by atomic mass is 35.5. The topological polar surface area (TPSA) is 46.6 Å². The molecule has 0 saturated heterocycles. The molecule has 1 aliphatic heterocycles. The molecule has 3 aromatic carbocycles. The molecule has 4 nitrogen and oxygen atoms in total. The second-order valence-electron chi connectivity index (χ2n) is 6.23. The van der Waals surface area contributed by atoms with Crippen LogP contribution in [0.4, 0.5) is 5.69 Å². The Bertz CT molecular complexity index is 1110. The highest BCUT2D eigenvalue weighted by Crippen LogP contribution is 2.46. The molecule has 27 heavy (non-hydrogen) atoms. The van der Waals surface area contributed by atoms with Crippen molar-refractivity contribution in [3.63, 3.8) is 0 Å². The smallest absolute Gasteiger partial charge is 0.267 e. The molecule has 0 amide bonds. The van der Waals surface area contributed by atoms with Gasteiger partial charge in [0.2, 0.25) is 6.23 Å². The van der Waals surface area contributed by atoms with Gasteiger partial charge in [-0.25, -0.2) is 12.7 Å². The fourth-order valence-corrected chi connectivity index (χ4v) is 4.82. The van der Waals surface area contributed by atoms with E-state index in [2.05, 4.69) is 0 Å². The van der Waals surface area contributed by atoms with Crippen LogP contribution in [0, 0.1) is 6.92 Å². The van der Waals surface area contributed by atoms with Gasteiger partial charge in [0.25, 0.3) is 10.0 Å². The Balaban J connectivity index is 1.87. The standard InChI is InChI=1S/C20H15Cl2NO3S/c1-13-6-9-15(10-7-13)27(24,25)23-18-4-2-3-5-19(18)26-20(23)14-8-11-16(21)17(22)12-14/h2-12,20H,1H3/t20-/m1/s1. The zero-order chi connectivity index (χ0) is 19.2. The van der Waals surface area contributed by atoms with Crippen molar-refractivity contribution in [3.8, 4) is 5.75 Å². The Kier molecular flexibility index (Phi) is 4.54. The summed E-state index contributed by atoms with van der Waals surface area (Å²) in [5, 5.41) is 0.727. The first kappa shape index (κ1) is 18.2. The SMILES string of the molecule is Cc1ccc(S(=O)(=O)N2c3ccccc3O[C@@H]2c2ccc(Cl)c(Cl)c2)cc1. The van der Waals surface area contributed by atoms with Gasteiger partial charge in [0.1, 0.15) is 5.75 Å². The van der Waals surface area contributed by atoms with E-state index in [0.29, 0.717) is 27.0 Å². The Morgan fingerprint density at radius 1 is 0.926 bits per heavy atom. The molecule has 0 unspecified atom stereocenters. The van der Waals surface area contributed by atoms with E-state index in [0.717, 1.165) is 5.56 Å². The van der Waals surface area contributed by atoms with Crippen molar-refractivity contribution < 1.29 is 13.2 Å². The minimum atomic E-state index is -3.86. The van der Waals surface area contributed by atoms with Crippen molar-refractivity contribution >= 4 is 38.9 Å². The molecule has 0 radical (unpaired) electrons. The van der Waals surface area contributed by atoms with Gasteiger partial charge < -0.3 is 4.74 Å². The number of para-hydroxylation sites is 2. The Morgan fingerprint density at radius 2 is 1.63 bits per heavy atom. The molecule has 0 N–H and O–H groups in total. The molecule has 0 aliphatic carbocycles. The second kappa shape index (κ2) is 6.75. The van der Waals surface area contributed by atoms with Gasteiger partial charge in [-0.3, -0.25) is 0 Å². The van der Waals surface area contributed by atoms with Gasteiger partial charge in [0.05, 0.1) is 20.6 Å². The lowest BCUT2D eigenvalue weighted by molar-refractivity contribution is 0.245. The van der Waals surface area contributed by atoms with Crippen LogP contribution in [0.25, 0.3) is 0 Å². The molecule has 0 fully saturated rings. The third-order valence-electron chi connectivity index (χ3n) is 4.36. The van der Waals surface area contributed by atoms with Crippen LogP contribution < -0.4 is 9.04 Å². The highest BCUT2D eigenvalue weighted by Gasteiger charge is 2.41. The lowest BCUT2D eigenvalue weighted by Crippen LogP contribution is -2.33. The summed E-state index contributed by atoms with van der Waals surface area (Å²) in [6.07, 6.45) is -0.872. The van der Waals surface area contributed by atoms with Crippen LogP contribution in [0.15, 0.2) is 71.6 Å². The van der Waals surface area contributed by atoms with E-state index in [9.17, 15) is 8.42 Å². The van der Waals surface area contributed by atoms with Gasteiger partial charge in [-0.15, -0.1) is 0 Å². The van der Waals surface area contributed by atoms with Crippen LogP contribution in [0.3, 0.4) is 0 Å². The maximum absolute atomic E-state index is 13.4. The number of hydrogen-bond donors (Lipinski definition) is 0. The van der Waals surface area contributed by atoms with Crippen molar-refractivity contribution in [2.24, 2.45) is 0 Å². The summed E-state index contributed by atoms with van der Waals surface area (Å²) in [6, 6.07) is 18.7. The minimum Gasteiger partial charge on any atom is -0.463 e. The number of ether oxygens (including phenoxy) is 1. The molecule has 3 aromatic rings. The monoisotopic (exact) mass is 419 g/mol. The van der Waals surface area contributed by atoms with Gasteiger partial charge in [-0.2, -0.15) is 0 Å². The molecule has 1 heterocycles. The number of nitrogens with zero attached hydrogens (tertiary/aromatic N) is 1. The third-order valence-corrected chi connectivity index (χ3v) is 6.87. The van der Waals surface area contributed by atoms with E-state index in [-0.39, 0.29) is 4.90 Å². The first-order chi connectivity index (χ1) is 12.9. The Labute approximate surface area is 168 Å². The van der Waals surface area contributed by atoms with Gasteiger partial charge in [-0.1, -0.05) is 59.1 Å². The van der Waals surface area contributed by atoms with E-state index in [1.807, 2.05) is 6.92 Å². The van der Waals surface area contributed by atoms with Gasteiger partial charge in [0, 0.05) is 5.56 Å². The number of halogens is 2. The maximum Gasteiger partial charge on any atom is 0.267 e. The van der Waals surface area contributed by atoms with Crippen LogP contribution in [0.2, 0.25) is 10.0 Å². The molecule has 7 heteroatoms. The molecule has 1 atom stereocenters. The van der Waals surface area contributed by atoms with Crippen molar-refractivity contribution in [2.75, 3.05) is 4.31 Å². The average Bonchev–Trinajstić information content (AvgIpc) is 3.04. The molecule has 0 aromatic heterocycles. The fourth-order valence-electron chi connectivity index (χ4n) is 2.98. The first-order valence-corrected chi connectivity index (χ1v) is 10.4. The van der Waals surface area contributed by atoms with Crippen LogP contribution in [-0.2, 0) is 10.0 Å². The number of hydrogen-bond acceptors (Lipinski definition) is 3. The van der Waals surface area contributed by atoms with Gasteiger partial charge in [-0.05, 0) is 43.3 Å². The van der Waals surface area contributed by atoms with E-state index in [1.54, 1.807) is 66.7 Å². The molecule has 0 saturated carbocycles. The maximum atomic E-state index is 13.4. The molecular weight excluding hydrogens is 405 g/mol. The number of anilines is 1. The molecular formula is C20H15Cl2NO3S. The van der Waals surface area contributed by atoms with Crippen molar-refractivity contribution in [1.82, 2.24) is 0 Å². The van der Waals surface area contributed by atoms with Crippen molar-refractivity contribution in [1.29, 1.82) is 0 Å². The summed E-state index contributed by atoms with van der Waals surface area (Å²) >= 11 is 12.2. The fraction of sp³-hybridized carbons (Fsp3) is 0.100. The van der Waals surface area contributed by atoms with Crippen molar-refractivity contribution in [3.05, 3.63) is 87.9 Å². The number of sulfonamides is 1. The van der Waals surface area contributed by atoms with Gasteiger partial charge >= 0.3 is 0 Å². The number of aryl methyl sites for hydroxylation is 1. The predicted molar refractivity (Wildman–Crippen MR) is 107 cm³/mol. The summed E-state index contributed by atoms with van der Waals surface area (Å²) in [7, 11) is -3.86. The zero-order valence-electron chi connectivity index (χ0n) is 14.3.